The second-order valence-electron chi connectivity index (χ2n) is 7.19. The lowest BCUT2D eigenvalue weighted by atomic mass is 9.92. The predicted octanol–water partition coefficient (Wildman–Crippen LogP) is 3.25. The third-order valence-electron chi connectivity index (χ3n) is 5.38. The minimum Gasteiger partial charge on any atom is -0.493 e. The first-order valence-corrected chi connectivity index (χ1v) is 9.62. The van der Waals surface area contributed by atoms with Gasteiger partial charge in [-0.15, -0.1) is 0 Å². The Morgan fingerprint density at radius 3 is 2.72 bits per heavy atom. The summed E-state index contributed by atoms with van der Waals surface area (Å²) in [6.07, 6.45) is 5.11. The third-order valence-corrected chi connectivity index (χ3v) is 5.38. The number of ether oxygens (including phenoxy) is 2. The summed E-state index contributed by atoms with van der Waals surface area (Å²) in [4.78, 5) is 23.6. The number of fused-ring (bicyclic) bond motifs is 1. The molecule has 0 radical (unpaired) electrons. The van der Waals surface area contributed by atoms with Crippen LogP contribution in [-0.2, 0) is 0 Å². The Labute approximate surface area is 169 Å². The van der Waals surface area contributed by atoms with E-state index in [1.54, 1.807) is 38.7 Å². The highest BCUT2D eigenvalue weighted by atomic mass is 16.5. The van der Waals surface area contributed by atoms with E-state index in [2.05, 4.69) is 4.98 Å². The first-order chi connectivity index (χ1) is 14.1. The van der Waals surface area contributed by atoms with Gasteiger partial charge in [0.25, 0.3) is 5.91 Å². The summed E-state index contributed by atoms with van der Waals surface area (Å²) in [6, 6.07) is 9.22. The van der Waals surface area contributed by atoms with E-state index in [4.69, 9.17) is 20.2 Å². The van der Waals surface area contributed by atoms with Gasteiger partial charge in [-0.1, -0.05) is 0 Å². The van der Waals surface area contributed by atoms with Crippen molar-refractivity contribution in [2.24, 2.45) is 0 Å². The van der Waals surface area contributed by atoms with Gasteiger partial charge in [-0.3, -0.25) is 14.8 Å². The topological polar surface area (TPSA) is 90.6 Å². The number of pyridine rings is 2. The molecular formula is C22H24N4O3. The number of rotatable bonds is 4. The number of hydrogen-bond acceptors (Lipinski definition) is 6. The molecule has 1 aliphatic rings. The number of hydrogen-bond donors (Lipinski definition) is 1. The number of nitrogens with zero attached hydrogens (tertiary/aromatic N) is 3. The molecule has 150 valence electrons. The van der Waals surface area contributed by atoms with Crippen LogP contribution in [0.3, 0.4) is 0 Å². The fourth-order valence-electron chi connectivity index (χ4n) is 3.92. The minimum atomic E-state index is -0.00596. The summed E-state index contributed by atoms with van der Waals surface area (Å²) < 4.78 is 10.8. The highest BCUT2D eigenvalue weighted by molar-refractivity contribution is 5.94. The van der Waals surface area contributed by atoms with Crippen LogP contribution < -0.4 is 15.2 Å². The molecule has 1 saturated heterocycles. The minimum absolute atomic E-state index is 0.00596. The molecule has 0 aliphatic carbocycles. The van der Waals surface area contributed by atoms with Crippen molar-refractivity contribution in [1.82, 2.24) is 14.9 Å². The van der Waals surface area contributed by atoms with Crippen molar-refractivity contribution >= 4 is 22.5 Å². The number of anilines is 1. The second kappa shape index (κ2) is 7.95. The number of benzene rings is 1. The molecule has 0 saturated carbocycles. The van der Waals surface area contributed by atoms with Crippen molar-refractivity contribution in [2.75, 3.05) is 33.0 Å². The molecule has 1 aromatic carbocycles. The lowest BCUT2D eigenvalue weighted by Gasteiger charge is -2.33. The molecule has 1 amide bonds. The number of methoxy groups -OCH3 is 2. The molecule has 1 aliphatic heterocycles. The first kappa shape index (κ1) is 19.0. The molecular weight excluding hydrogens is 368 g/mol. The number of aromatic nitrogens is 2. The molecule has 3 aromatic rings. The van der Waals surface area contributed by atoms with E-state index in [9.17, 15) is 4.79 Å². The van der Waals surface area contributed by atoms with Crippen LogP contribution in [0.4, 0.5) is 5.69 Å². The van der Waals surface area contributed by atoms with Crippen molar-refractivity contribution in [1.29, 1.82) is 0 Å². The van der Waals surface area contributed by atoms with Crippen molar-refractivity contribution in [3.05, 3.63) is 54.0 Å². The number of nitrogens with two attached hydrogens (primary N) is 1. The van der Waals surface area contributed by atoms with Crippen LogP contribution >= 0.6 is 0 Å². The zero-order valence-electron chi connectivity index (χ0n) is 16.6. The molecule has 4 rings (SSSR count). The van der Waals surface area contributed by atoms with Gasteiger partial charge in [0.2, 0.25) is 0 Å². The van der Waals surface area contributed by atoms with Crippen LogP contribution in [0.5, 0.6) is 11.5 Å². The number of amides is 1. The summed E-state index contributed by atoms with van der Waals surface area (Å²) >= 11 is 0. The molecule has 0 bridgehead atoms. The monoisotopic (exact) mass is 392 g/mol. The Hall–Kier alpha value is -3.35. The average molecular weight is 392 g/mol. The van der Waals surface area contributed by atoms with E-state index in [1.807, 2.05) is 23.1 Å². The van der Waals surface area contributed by atoms with Crippen LogP contribution in [0.15, 0.2) is 42.7 Å². The van der Waals surface area contributed by atoms with Gasteiger partial charge in [0.1, 0.15) is 0 Å². The molecule has 2 N–H and O–H groups in total. The first-order valence-electron chi connectivity index (χ1n) is 9.62. The van der Waals surface area contributed by atoms with E-state index in [0.717, 1.165) is 36.0 Å². The van der Waals surface area contributed by atoms with Crippen LogP contribution in [0.25, 0.3) is 10.9 Å². The van der Waals surface area contributed by atoms with Gasteiger partial charge >= 0.3 is 0 Å². The van der Waals surface area contributed by atoms with Crippen LogP contribution in [0, 0.1) is 0 Å². The zero-order valence-corrected chi connectivity index (χ0v) is 16.6. The Kier molecular flexibility index (Phi) is 5.20. The second-order valence-corrected chi connectivity index (χ2v) is 7.19. The predicted molar refractivity (Wildman–Crippen MR) is 111 cm³/mol. The van der Waals surface area contributed by atoms with E-state index in [0.29, 0.717) is 29.3 Å². The van der Waals surface area contributed by atoms with Gasteiger partial charge in [0, 0.05) is 42.9 Å². The SMILES string of the molecule is COc1cc2cc(N)c(C3CCCN(C(=O)c4cccnc4)C3)nc2cc1OC. The van der Waals surface area contributed by atoms with Crippen molar-refractivity contribution in [2.45, 2.75) is 18.8 Å². The van der Waals surface area contributed by atoms with E-state index < -0.39 is 0 Å². The van der Waals surface area contributed by atoms with Gasteiger partial charge in [-0.25, -0.2) is 0 Å². The maximum Gasteiger partial charge on any atom is 0.255 e. The smallest absolute Gasteiger partial charge is 0.255 e. The van der Waals surface area contributed by atoms with Gasteiger partial charge in [-0.05, 0) is 37.1 Å². The van der Waals surface area contributed by atoms with E-state index in [1.165, 1.54) is 0 Å². The molecule has 29 heavy (non-hydrogen) atoms. The molecule has 1 atom stereocenters. The van der Waals surface area contributed by atoms with Gasteiger partial charge in [0.05, 0.1) is 36.7 Å². The summed E-state index contributed by atoms with van der Waals surface area (Å²) in [5.74, 6) is 1.34. The van der Waals surface area contributed by atoms with Gasteiger partial charge < -0.3 is 20.1 Å². The Morgan fingerprint density at radius 2 is 2.00 bits per heavy atom. The van der Waals surface area contributed by atoms with Crippen molar-refractivity contribution in [3.63, 3.8) is 0 Å². The molecule has 7 nitrogen and oxygen atoms in total. The Morgan fingerprint density at radius 1 is 1.21 bits per heavy atom. The number of carbonyl (C=O) groups is 1. The molecule has 7 heteroatoms. The number of carbonyl (C=O) groups excluding carboxylic acids is 1. The standard InChI is InChI=1S/C22H24N4O3/c1-28-19-10-16-9-17(23)21(25-18(16)11-20(19)29-2)15-6-4-8-26(13-15)22(27)14-5-3-7-24-12-14/h3,5,7,9-12,15H,4,6,8,13,23H2,1-2H3. The summed E-state index contributed by atoms with van der Waals surface area (Å²) in [5.41, 5.74) is 9.22. The zero-order chi connectivity index (χ0) is 20.4. The van der Waals surface area contributed by atoms with E-state index >= 15 is 0 Å². The lowest BCUT2D eigenvalue weighted by molar-refractivity contribution is 0.0705. The molecule has 0 spiro atoms. The number of nitrogen functional groups attached to an aromatic ring is 1. The van der Waals surface area contributed by atoms with E-state index in [-0.39, 0.29) is 11.8 Å². The Bertz CT molecular complexity index is 1040. The molecule has 2 aromatic heterocycles. The van der Waals surface area contributed by atoms with Crippen LogP contribution in [0.1, 0.15) is 34.8 Å². The maximum absolute atomic E-state index is 12.8. The highest BCUT2D eigenvalue weighted by Gasteiger charge is 2.28. The fraction of sp³-hybridized carbons (Fsp3) is 0.318. The summed E-state index contributed by atoms with van der Waals surface area (Å²) in [6.45, 7) is 1.31. The number of piperidine rings is 1. The summed E-state index contributed by atoms with van der Waals surface area (Å²) in [5, 5.41) is 0.892. The maximum atomic E-state index is 12.8. The lowest BCUT2D eigenvalue weighted by Crippen LogP contribution is -2.39. The molecule has 1 unspecified atom stereocenters. The molecule has 1 fully saturated rings. The molecule has 3 heterocycles. The van der Waals surface area contributed by atoms with Crippen molar-refractivity contribution in [3.8, 4) is 11.5 Å². The van der Waals surface area contributed by atoms with Crippen LogP contribution in [-0.4, -0.2) is 48.1 Å². The Balaban J connectivity index is 1.64. The summed E-state index contributed by atoms with van der Waals surface area (Å²) in [7, 11) is 3.20. The third kappa shape index (κ3) is 3.68. The largest absolute Gasteiger partial charge is 0.493 e. The van der Waals surface area contributed by atoms with Gasteiger partial charge in [-0.2, -0.15) is 0 Å². The normalized spacial score (nSPS) is 16.6. The average Bonchev–Trinajstić information content (AvgIpc) is 2.77. The number of likely N-dealkylation sites (tertiary alicyclic amines) is 1. The highest BCUT2D eigenvalue weighted by Crippen LogP contribution is 2.36. The van der Waals surface area contributed by atoms with Gasteiger partial charge in [0.15, 0.2) is 11.5 Å². The fourth-order valence-corrected chi connectivity index (χ4v) is 3.92. The van der Waals surface area contributed by atoms with Crippen molar-refractivity contribution < 1.29 is 14.3 Å². The van der Waals surface area contributed by atoms with Crippen LogP contribution in [0.2, 0.25) is 0 Å². The quantitative estimate of drug-likeness (QED) is 0.733.